The highest BCUT2D eigenvalue weighted by Gasteiger charge is 2.33. The summed E-state index contributed by atoms with van der Waals surface area (Å²) in [6.45, 7) is 0.646. The molecule has 10 nitrogen and oxygen atoms in total. The van der Waals surface area contributed by atoms with E-state index in [9.17, 15) is 28.8 Å². The molecule has 1 aliphatic rings. The van der Waals surface area contributed by atoms with E-state index in [1.54, 1.807) is 4.90 Å². The minimum atomic E-state index is -0.800. The molecule has 2 heterocycles. The summed E-state index contributed by atoms with van der Waals surface area (Å²) in [6.07, 6.45) is 0.973. The number of anilines is 1. The fraction of sp³-hybridized carbons (Fsp3) is 0.381. The first-order chi connectivity index (χ1) is 15.1. The molecule has 0 radical (unpaired) electrons. The van der Waals surface area contributed by atoms with Crippen molar-refractivity contribution in [3.8, 4) is 11.8 Å². The van der Waals surface area contributed by atoms with Crippen molar-refractivity contribution in [2.45, 2.75) is 19.3 Å². The summed E-state index contributed by atoms with van der Waals surface area (Å²) < 4.78 is 16.0. The van der Waals surface area contributed by atoms with Crippen LogP contribution < -0.4 is 27.6 Å². The molecule has 2 unspecified atom stereocenters. The molecule has 2 aromatic rings. The maximum Gasteiger partial charge on any atom is 0.336 e. The predicted molar refractivity (Wildman–Crippen MR) is 113 cm³/mol. The Morgan fingerprint density at radius 2 is 2.00 bits per heavy atom. The van der Waals surface area contributed by atoms with Crippen molar-refractivity contribution >= 4 is 17.6 Å². The van der Waals surface area contributed by atoms with E-state index in [2.05, 4.69) is 0 Å². The Balaban J connectivity index is 2.15. The second-order valence-corrected chi connectivity index (χ2v) is 7.82. The number of nitriles is 1. The third-order valence-electron chi connectivity index (χ3n) is 5.75. The lowest BCUT2D eigenvalue weighted by molar-refractivity contribution is -0.128. The number of carbonyl (C=O) groups is 2. The first-order valence-corrected chi connectivity index (χ1v) is 9.99. The number of halogens is 1. The third kappa shape index (κ3) is 4.39. The van der Waals surface area contributed by atoms with Crippen LogP contribution in [0, 0.1) is 29.0 Å². The number of amides is 2. The number of rotatable bonds is 6. The minimum absolute atomic E-state index is 0.00573. The van der Waals surface area contributed by atoms with Crippen LogP contribution in [-0.4, -0.2) is 34.0 Å². The number of primary amides is 2. The van der Waals surface area contributed by atoms with Crippen LogP contribution >= 0.6 is 0 Å². The lowest BCUT2D eigenvalue weighted by Gasteiger charge is -2.37. The Bertz CT molecular complexity index is 1230. The van der Waals surface area contributed by atoms with Crippen molar-refractivity contribution in [3.05, 3.63) is 56.5 Å². The summed E-state index contributed by atoms with van der Waals surface area (Å²) in [5.41, 5.74) is 9.47. The highest BCUT2D eigenvalue weighted by Crippen LogP contribution is 2.30. The molecule has 1 aromatic carbocycles. The SMILES string of the molecule is Cn1c(=O)cc(N2CCCC(C(CC(N)=O)C(N)=O)C2)n(-c2cc(F)ccc2C#N)c1=O. The molecule has 2 amide bonds. The predicted octanol–water partition coefficient (Wildman–Crippen LogP) is -0.260. The van der Waals surface area contributed by atoms with Crippen LogP contribution in [0.4, 0.5) is 10.2 Å². The largest absolute Gasteiger partial charge is 0.370 e. The molecule has 0 aliphatic carbocycles. The van der Waals surface area contributed by atoms with E-state index in [1.165, 1.54) is 19.2 Å². The van der Waals surface area contributed by atoms with Crippen LogP contribution in [-0.2, 0) is 16.6 Å². The summed E-state index contributed by atoms with van der Waals surface area (Å²) in [7, 11) is 1.28. The normalized spacial score (nSPS) is 16.9. The lowest BCUT2D eigenvalue weighted by atomic mass is 9.82. The summed E-state index contributed by atoms with van der Waals surface area (Å²) in [5.74, 6) is -2.96. The monoisotopic (exact) mass is 442 g/mol. The number of benzene rings is 1. The van der Waals surface area contributed by atoms with Gasteiger partial charge in [-0.1, -0.05) is 0 Å². The van der Waals surface area contributed by atoms with Crippen molar-refractivity contribution in [1.29, 1.82) is 5.26 Å². The van der Waals surface area contributed by atoms with Gasteiger partial charge in [-0.05, 0) is 37.0 Å². The summed E-state index contributed by atoms with van der Waals surface area (Å²) in [6, 6.07) is 6.56. The molecule has 2 atom stereocenters. The van der Waals surface area contributed by atoms with Gasteiger partial charge in [-0.3, -0.25) is 19.0 Å². The molecular formula is C21H23FN6O4. The Labute approximate surface area is 182 Å². The van der Waals surface area contributed by atoms with Crippen LogP contribution in [0.2, 0.25) is 0 Å². The maximum absolute atomic E-state index is 14.0. The second-order valence-electron chi connectivity index (χ2n) is 7.82. The van der Waals surface area contributed by atoms with Crippen LogP contribution in [0.5, 0.6) is 0 Å². The molecule has 11 heteroatoms. The van der Waals surface area contributed by atoms with Crippen LogP contribution in [0.15, 0.2) is 33.9 Å². The first kappa shape index (κ1) is 22.7. The van der Waals surface area contributed by atoms with Crippen molar-refractivity contribution in [2.75, 3.05) is 18.0 Å². The van der Waals surface area contributed by atoms with E-state index in [4.69, 9.17) is 11.5 Å². The Morgan fingerprint density at radius 3 is 2.62 bits per heavy atom. The highest BCUT2D eigenvalue weighted by atomic mass is 19.1. The average molecular weight is 442 g/mol. The van der Waals surface area contributed by atoms with Crippen LogP contribution in [0.3, 0.4) is 0 Å². The molecule has 0 spiro atoms. The number of piperidine rings is 1. The van der Waals surface area contributed by atoms with E-state index in [-0.39, 0.29) is 36.0 Å². The smallest absolute Gasteiger partial charge is 0.336 e. The number of aromatic nitrogens is 2. The van der Waals surface area contributed by atoms with Crippen LogP contribution in [0.25, 0.3) is 5.69 Å². The zero-order valence-corrected chi connectivity index (χ0v) is 17.5. The van der Waals surface area contributed by atoms with E-state index in [1.807, 2.05) is 6.07 Å². The molecule has 1 saturated heterocycles. The second kappa shape index (κ2) is 9.05. The Morgan fingerprint density at radius 1 is 1.28 bits per heavy atom. The molecule has 1 aliphatic heterocycles. The molecule has 1 aromatic heterocycles. The zero-order valence-electron chi connectivity index (χ0n) is 17.5. The van der Waals surface area contributed by atoms with E-state index in [0.717, 1.165) is 21.3 Å². The van der Waals surface area contributed by atoms with Crippen molar-refractivity contribution < 1.29 is 14.0 Å². The van der Waals surface area contributed by atoms with Crippen molar-refractivity contribution in [1.82, 2.24) is 9.13 Å². The molecule has 32 heavy (non-hydrogen) atoms. The molecule has 3 rings (SSSR count). The lowest BCUT2D eigenvalue weighted by Crippen LogP contribution is -2.47. The number of nitrogens with zero attached hydrogens (tertiary/aromatic N) is 4. The number of hydrogen-bond acceptors (Lipinski definition) is 6. The zero-order chi connectivity index (χ0) is 23.6. The van der Waals surface area contributed by atoms with Gasteiger partial charge in [0.25, 0.3) is 5.56 Å². The van der Waals surface area contributed by atoms with E-state index >= 15 is 0 Å². The minimum Gasteiger partial charge on any atom is -0.370 e. The van der Waals surface area contributed by atoms with E-state index < -0.39 is 34.8 Å². The molecule has 4 N–H and O–H groups in total. The van der Waals surface area contributed by atoms with Gasteiger partial charge in [-0.15, -0.1) is 0 Å². The fourth-order valence-electron chi connectivity index (χ4n) is 4.12. The van der Waals surface area contributed by atoms with Gasteiger partial charge in [0.2, 0.25) is 11.8 Å². The summed E-state index contributed by atoms with van der Waals surface area (Å²) in [5, 5.41) is 9.48. The van der Waals surface area contributed by atoms with Crippen LogP contribution in [0.1, 0.15) is 24.8 Å². The topological polar surface area (TPSA) is 157 Å². The molecule has 168 valence electrons. The molecular weight excluding hydrogens is 419 g/mol. The van der Waals surface area contributed by atoms with Gasteiger partial charge in [-0.25, -0.2) is 13.8 Å². The average Bonchev–Trinajstić information content (AvgIpc) is 2.75. The van der Waals surface area contributed by atoms with E-state index in [0.29, 0.717) is 19.4 Å². The number of carbonyl (C=O) groups excluding carboxylic acids is 2. The van der Waals surface area contributed by atoms with Gasteiger partial charge in [0.15, 0.2) is 0 Å². The van der Waals surface area contributed by atoms with Crippen molar-refractivity contribution in [2.24, 2.45) is 30.4 Å². The number of nitrogens with two attached hydrogens (primary N) is 2. The third-order valence-corrected chi connectivity index (χ3v) is 5.75. The fourth-order valence-corrected chi connectivity index (χ4v) is 4.12. The number of hydrogen-bond donors (Lipinski definition) is 2. The van der Waals surface area contributed by atoms with Gasteiger partial charge >= 0.3 is 5.69 Å². The van der Waals surface area contributed by atoms with Gasteiger partial charge in [0.05, 0.1) is 17.2 Å². The standard InChI is InChI=1S/C21H23FN6O4/c1-26-19(30)9-18(28(21(26)32)16-7-14(22)5-4-12(16)10-23)27-6-2-3-13(11-27)15(20(25)31)8-17(24)29/h4-5,7,9,13,15H,2-3,6,8,11H2,1H3,(H2,24,29)(H2,25,31). The van der Waals surface area contributed by atoms with Gasteiger partial charge in [-0.2, -0.15) is 5.26 Å². The molecule has 1 fully saturated rings. The first-order valence-electron chi connectivity index (χ1n) is 9.99. The molecule has 0 saturated carbocycles. The maximum atomic E-state index is 14.0. The van der Waals surface area contributed by atoms with Gasteiger partial charge < -0.3 is 16.4 Å². The van der Waals surface area contributed by atoms with Gasteiger partial charge in [0.1, 0.15) is 17.7 Å². The summed E-state index contributed by atoms with van der Waals surface area (Å²) >= 11 is 0. The van der Waals surface area contributed by atoms with Gasteiger partial charge in [0, 0.05) is 32.6 Å². The summed E-state index contributed by atoms with van der Waals surface area (Å²) in [4.78, 5) is 50.5. The quantitative estimate of drug-likeness (QED) is 0.627. The Kier molecular flexibility index (Phi) is 6.43. The Hall–Kier alpha value is -3.94. The highest BCUT2D eigenvalue weighted by molar-refractivity contribution is 5.84. The van der Waals surface area contributed by atoms with Crippen molar-refractivity contribution in [3.63, 3.8) is 0 Å². The molecule has 0 bridgehead atoms.